The van der Waals surface area contributed by atoms with Crippen LogP contribution in [0.25, 0.3) is 0 Å². The zero-order valence-corrected chi connectivity index (χ0v) is 11.0. The fourth-order valence-corrected chi connectivity index (χ4v) is 1.88. The Bertz CT molecular complexity index is 407. The van der Waals surface area contributed by atoms with Crippen molar-refractivity contribution in [2.45, 2.75) is 19.0 Å². The Morgan fingerprint density at radius 3 is 3.11 bits per heavy atom. The predicted molar refractivity (Wildman–Crippen MR) is 66.6 cm³/mol. The molecule has 2 heterocycles. The number of carbonyl (C=O) groups excluding carboxylic acids is 1. The van der Waals surface area contributed by atoms with E-state index >= 15 is 0 Å². The van der Waals surface area contributed by atoms with E-state index in [0.29, 0.717) is 32.8 Å². The van der Waals surface area contributed by atoms with Crippen LogP contribution in [-0.2, 0) is 32.0 Å². The van der Waals surface area contributed by atoms with E-state index in [1.807, 2.05) is 0 Å². The minimum atomic E-state index is -0.324. The molecule has 0 spiro atoms. The van der Waals surface area contributed by atoms with Gasteiger partial charge in [0.25, 0.3) is 0 Å². The number of nitrogens with one attached hydrogen (secondary N) is 2. The molecule has 1 aliphatic rings. The van der Waals surface area contributed by atoms with Gasteiger partial charge in [-0.3, -0.25) is 10.1 Å². The molecule has 0 saturated carbocycles. The van der Waals surface area contributed by atoms with Crippen molar-refractivity contribution in [3.8, 4) is 0 Å². The van der Waals surface area contributed by atoms with Crippen LogP contribution in [0.1, 0.15) is 11.4 Å². The molecule has 106 valence electrons. The number of aromatic nitrogens is 2. The standard InChI is InChI=1S/C12H19N3O4/c1-17-2-3-18-4-5-19-12(16)10-6-9-11(7-13-10)15-8-14-9/h8,10,13H,2-7H2,1H3,(H,14,15). The number of rotatable bonds is 7. The lowest BCUT2D eigenvalue weighted by molar-refractivity contribution is -0.148. The minimum Gasteiger partial charge on any atom is -0.462 e. The van der Waals surface area contributed by atoms with Gasteiger partial charge in [-0.05, 0) is 0 Å². The Labute approximate surface area is 111 Å². The molecule has 2 N–H and O–H groups in total. The van der Waals surface area contributed by atoms with Crippen LogP contribution < -0.4 is 5.32 Å². The lowest BCUT2D eigenvalue weighted by Crippen LogP contribution is -2.43. The predicted octanol–water partition coefficient (Wildman–Crippen LogP) is -0.370. The van der Waals surface area contributed by atoms with Crippen molar-refractivity contribution in [1.82, 2.24) is 15.3 Å². The average molecular weight is 269 g/mol. The Kier molecular flexibility index (Phi) is 5.31. The van der Waals surface area contributed by atoms with Crippen LogP contribution in [0, 0.1) is 0 Å². The summed E-state index contributed by atoms with van der Waals surface area (Å²) in [5.41, 5.74) is 1.96. The largest absolute Gasteiger partial charge is 0.462 e. The van der Waals surface area contributed by atoms with E-state index in [4.69, 9.17) is 14.2 Å². The Morgan fingerprint density at radius 2 is 2.26 bits per heavy atom. The highest BCUT2D eigenvalue weighted by Crippen LogP contribution is 2.12. The zero-order chi connectivity index (χ0) is 13.5. The third-order valence-electron chi connectivity index (χ3n) is 2.92. The summed E-state index contributed by atoms with van der Waals surface area (Å²) < 4.78 is 15.2. The van der Waals surface area contributed by atoms with E-state index in [-0.39, 0.29) is 18.6 Å². The zero-order valence-electron chi connectivity index (χ0n) is 11.0. The molecular weight excluding hydrogens is 250 g/mol. The molecule has 1 atom stereocenters. The van der Waals surface area contributed by atoms with Gasteiger partial charge in [-0.1, -0.05) is 0 Å². The van der Waals surface area contributed by atoms with Crippen LogP contribution in [-0.4, -0.2) is 55.5 Å². The molecular formula is C12H19N3O4. The molecule has 1 aromatic rings. The fourth-order valence-electron chi connectivity index (χ4n) is 1.88. The summed E-state index contributed by atoms with van der Waals surface area (Å²) in [4.78, 5) is 19.0. The maximum Gasteiger partial charge on any atom is 0.323 e. The Hall–Kier alpha value is -1.44. The van der Waals surface area contributed by atoms with E-state index < -0.39 is 0 Å². The Balaban J connectivity index is 1.64. The van der Waals surface area contributed by atoms with Crippen molar-refractivity contribution in [2.75, 3.05) is 33.5 Å². The van der Waals surface area contributed by atoms with Crippen LogP contribution in [0.3, 0.4) is 0 Å². The number of imidazole rings is 1. The van der Waals surface area contributed by atoms with Gasteiger partial charge in [0, 0.05) is 20.1 Å². The molecule has 0 saturated heterocycles. The number of nitrogens with zero attached hydrogens (tertiary/aromatic N) is 1. The van der Waals surface area contributed by atoms with E-state index in [2.05, 4.69) is 15.3 Å². The lowest BCUT2D eigenvalue weighted by Gasteiger charge is -2.21. The number of esters is 1. The fraction of sp³-hybridized carbons (Fsp3) is 0.667. The van der Waals surface area contributed by atoms with Crippen LogP contribution in [0.5, 0.6) is 0 Å². The monoisotopic (exact) mass is 269 g/mol. The smallest absolute Gasteiger partial charge is 0.323 e. The van der Waals surface area contributed by atoms with Crippen LogP contribution in [0.4, 0.5) is 0 Å². The third kappa shape index (κ3) is 4.02. The number of ether oxygens (including phenoxy) is 3. The van der Waals surface area contributed by atoms with E-state index in [1.54, 1.807) is 13.4 Å². The van der Waals surface area contributed by atoms with Crippen molar-refractivity contribution in [3.05, 3.63) is 17.7 Å². The highest BCUT2D eigenvalue weighted by Gasteiger charge is 2.26. The van der Waals surface area contributed by atoms with E-state index in [1.165, 1.54) is 0 Å². The van der Waals surface area contributed by atoms with Gasteiger partial charge in [-0.2, -0.15) is 0 Å². The molecule has 1 aromatic heterocycles. The molecule has 19 heavy (non-hydrogen) atoms. The SMILES string of the molecule is COCCOCCOC(=O)C1Cc2nc[nH]c2CN1. The maximum atomic E-state index is 11.8. The number of hydrogen-bond donors (Lipinski definition) is 2. The molecule has 0 aromatic carbocycles. The quantitative estimate of drug-likeness (QED) is 0.519. The molecule has 1 unspecified atom stereocenters. The maximum absolute atomic E-state index is 11.8. The summed E-state index contributed by atoms with van der Waals surface area (Å²) in [6, 6.07) is -0.324. The van der Waals surface area contributed by atoms with Gasteiger partial charge in [-0.25, -0.2) is 4.98 Å². The summed E-state index contributed by atoms with van der Waals surface area (Å²) >= 11 is 0. The number of methoxy groups -OCH3 is 1. The molecule has 2 rings (SSSR count). The van der Waals surface area contributed by atoms with Gasteiger partial charge in [0.15, 0.2) is 0 Å². The molecule has 0 amide bonds. The summed E-state index contributed by atoms with van der Waals surface area (Å²) in [6.07, 6.45) is 2.20. The summed E-state index contributed by atoms with van der Waals surface area (Å²) in [5.74, 6) is -0.260. The highest BCUT2D eigenvalue weighted by molar-refractivity contribution is 5.76. The molecule has 0 fully saturated rings. The van der Waals surface area contributed by atoms with Gasteiger partial charge >= 0.3 is 5.97 Å². The highest BCUT2D eigenvalue weighted by atomic mass is 16.6. The van der Waals surface area contributed by atoms with Gasteiger partial charge < -0.3 is 19.2 Å². The van der Waals surface area contributed by atoms with Crippen molar-refractivity contribution in [2.24, 2.45) is 0 Å². The van der Waals surface area contributed by atoms with Gasteiger partial charge in [0.1, 0.15) is 12.6 Å². The van der Waals surface area contributed by atoms with Crippen molar-refractivity contribution >= 4 is 5.97 Å². The van der Waals surface area contributed by atoms with Gasteiger partial charge in [0.2, 0.25) is 0 Å². The Morgan fingerprint density at radius 1 is 1.42 bits per heavy atom. The molecule has 0 aliphatic carbocycles. The molecule has 7 heteroatoms. The van der Waals surface area contributed by atoms with E-state index in [9.17, 15) is 4.79 Å². The number of hydrogen-bond acceptors (Lipinski definition) is 6. The van der Waals surface area contributed by atoms with Crippen molar-refractivity contribution < 1.29 is 19.0 Å². The second kappa shape index (κ2) is 7.22. The van der Waals surface area contributed by atoms with Crippen LogP contribution >= 0.6 is 0 Å². The van der Waals surface area contributed by atoms with Gasteiger partial charge in [-0.15, -0.1) is 0 Å². The van der Waals surface area contributed by atoms with Crippen LogP contribution in [0.15, 0.2) is 6.33 Å². The number of H-pyrrole nitrogens is 1. The normalized spacial score (nSPS) is 18.1. The summed E-state index contributed by atoms with van der Waals surface area (Å²) in [7, 11) is 1.61. The molecule has 1 aliphatic heterocycles. The molecule has 7 nitrogen and oxygen atoms in total. The topological polar surface area (TPSA) is 85.5 Å². The summed E-state index contributed by atoms with van der Waals surface area (Å²) in [5, 5.41) is 3.12. The van der Waals surface area contributed by atoms with Crippen LogP contribution in [0.2, 0.25) is 0 Å². The minimum absolute atomic E-state index is 0.258. The molecule has 0 bridgehead atoms. The van der Waals surface area contributed by atoms with Crippen molar-refractivity contribution in [3.63, 3.8) is 0 Å². The second-order valence-corrected chi connectivity index (χ2v) is 4.24. The van der Waals surface area contributed by atoms with Crippen molar-refractivity contribution in [1.29, 1.82) is 0 Å². The lowest BCUT2D eigenvalue weighted by atomic mass is 10.1. The first-order chi connectivity index (χ1) is 9.31. The second-order valence-electron chi connectivity index (χ2n) is 4.24. The first kappa shape index (κ1) is 14.0. The third-order valence-corrected chi connectivity index (χ3v) is 2.92. The first-order valence-corrected chi connectivity index (χ1v) is 6.29. The van der Waals surface area contributed by atoms with Gasteiger partial charge in [0.05, 0.1) is 37.5 Å². The first-order valence-electron chi connectivity index (χ1n) is 6.29. The average Bonchev–Trinajstić information content (AvgIpc) is 2.89. The number of fused-ring (bicyclic) bond motifs is 1. The summed E-state index contributed by atoms with van der Waals surface area (Å²) in [6.45, 7) is 2.30. The number of aromatic amines is 1. The number of carbonyl (C=O) groups is 1. The van der Waals surface area contributed by atoms with E-state index in [0.717, 1.165) is 11.4 Å². The molecule has 0 radical (unpaired) electrons.